The van der Waals surface area contributed by atoms with Gasteiger partial charge in [-0.25, -0.2) is 5.90 Å². The molecule has 0 heterocycles. The number of alkyl halides is 2. The molecule has 0 aromatic heterocycles. The molecular weight excluding hydrogens is 148 g/mol. The van der Waals surface area contributed by atoms with Crippen LogP contribution in [0.3, 0.4) is 0 Å². The summed E-state index contributed by atoms with van der Waals surface area (Å²) in [7, 11) is 0. The second-order valence-electron chi connectivity index (χ2n) is 0.101. The maximum atomic E-state index is 6.50. The van der Waals surface area contributed by atoms with Crippen molar-refractivity contribution >= 4 is 35.6 Å². The molecule has 3 N–H and O–H groups in total. The summed E-state index contributed by atoms with van der Waals surface area (Å²) < 4.78 is 0. The Labute approximate surface area is 52.6 Å². The van der Waals surface area contributed by atoms with Crippen molar-refractivity contribution in [3.8, 4) is 0 Å². The average Bonchev–Trinajstić information content (AvgIpc) is 1.46. The van der Waals surface area contributed by atoms with E-state index in [2.05, 4.69) is 5.90 Å². The maximum Gasteiger partial charge on any atom is 0.0967 e. The zero-order valence-electron chi connectivity index (χ0n) is 2.90. The summed E-state index contributed by atoms with van der Waals surface area (Å²) in [6.45, 7) is 0. The van der Waals surface area contributed by atoms with Crippen LogP contribution in [0.1, 0.15) is 0 Å². The minimum absolute atomic E-state index is 0. The van der Waals surface area contributed by atoms with E-state index in [-0.39, 0.29) is 17.7 Å². The number of nitrogens with two attached hydrogens (primary N) is 1. The lowest BCUT2D eigenvalue weighted by molar-refractivity contribution is 0.311. The van der Waals surface area contributed by atoms with Gasteiger partial charge >= 0.3 is 0 Å². The molecule has 0 aliphatic carbocycles. The highest BCUT2D eigenvalue weighted by molar-refractivity contribution is 6.40. The lowest BCUT2D eigenvalue weighted by Crippen LogP contribution is -1.72. The standard InChI is InChI=1S/CH2Cl2.ClH.H3NO/c2-1-3;;1-2/h1H2;1H;2H,1H2. The van der Waals surface area contributed by atoms with Gasteiger partial charge in [0.05, 0.1) is 5.34 Å². The van der Waals surface area contributed by atoms with Crippen LogP contribution in [0.15, 0.2) is 0 Å². The largest absolute Gasteiger partial charge is 0.320 e. The fourth-order valence-electron chi connectivity index (χ4n) is 0. The van der Waals surface area contributed by atoms with Crippen molar-refractivity contribution in [2.45, 2.75) is 0 Å². The van der Waals surface area contributed by atoms with Gasteiger partial charge in [-0.2, -0.15) is 0 Å². The van der Waals surface area contributed by atoms with Crippen LogP contribution in [0.25, 0.3) is 0 Å². The molecule has 0 atom stereocenters. The summed E-state index contributed by atoms with van der Waals surface area (Å²) in [4.78, 5) is 0. The Balaban J connectivity index is -0.0000000275. The van der Waals surface area contributed by atoms with E-state index in [0.717, 1.165) is 0 Å². The quantitative estimate of drug-likeness (QED) is 0.406. The fourth-order valence-corrected chi connectivity index (χ4v) is 0. The molecule has 6 heavy (non-hydrogen) atoms. The molecule has 5 heteroatoms. The Morgan fingerprint density at radius 1 is 1.33 bits per heavy atom. The molecule has 0 radical (unpaired) electrons. The molecule has 0 rings (SSSR count). The van der Waals surface area contributed by atoms with E-state index < -0.39 is 0 Å². The molecule has 2 nitrogen and oxygen atoms in total. The first kappa shape index (κ1) is 15.8. The molecule has 0 aliphatic heterocycles. The summed E-state index contributed by atoms with van der Waals surface area (Å²) >= 11 is 9.53. The summed E-state index contributed by atoms with van der Waals surface area (Å²) in [5.41, 5.74) is 0. The van der Waals surface area contributed by atoms with Gasteiger partial charge in [0, 0.05) is 0 Å². The van der Waals surface area contributed by atoms with Crippen molar-refractivity contribution in [3.63, 3.8) is 0 Å². The van der Waals surface area contributed by atoms with Crippen LogP contribution in [0.4, 0.5) is 0 Å². The normalized spacial score (nSPS) is 4.00. The van der Waals surface area contributed by atoms with Crippen LogP contribution in [-0.2, 0) is 0 Å². The van der Waals surface area contributed by atoms with Gasteiger partial charge in [0.2, 0.25) is 0 Å². The third-order valence-electron chi connectivity index (χ3n) is 0. The van der Waals surface area contributed by atoms with Gasteiger partial charge in [-0.3, -0.25) is 0 Å². The molecule has 0 spiro atoms. The van der Waals surface area contributed by atoms with Gasteiger partial charge in [-0.05, 0) is 0 Å². The lowest BCUT2D eigenvalue weighted by atomic mass is 11.9. The Hall–Kier alpha value is 0.790. The highest BCUT2D eigenvalue weighted by Crippen LogP contribution is 1.73. The molecule has 0 bridgehead atoms. The second kappa shape index (κ2) is 41.5. The smallest absolute Gasteiger partial charge is 0.0967 e. The lowest BCUT2D eigenvalue weighted by Gasteiger charge is -1.42. The number of halogens is 3. The Bertz CT molecular complexity index is 10.8. The number of hydrogen-bond acceptors (Lipinski definition) is 2. The van der Waals surface area contributed by atoms with E-state index in [9.17, 15) is 0 Å². The predicted molar refractivity (Wildman–Crippen MR) is 29.8 cm³/mol. The highest BCUT2D eigenvalue weighted by Gasteiger charge is 1.41. The molecular formula is CH6Cl3NO. The number of rotatable bonds is 0. The molecule has 0 saturated carbocycles. The van der Waals surface area contributed by atoms with Gasteiger partial charge < -0.3 is 5.21 Å². The van der Waals surface area contributed by atoms with Crippen LogP contribution in [0.2, 0.25) is 0 Å². The average molecular weight is 154 g/mol. The Morgan fingerprint density at radius 3 is 1.33 bits per heavy atom. The topological polar surface area (TPSA) is 46.2 Å². The SMILES string of the molecule is Cl.ClCCl.NO. The van der Waals surface area contributed by atoms with Gasteiger partial charge in [-0.1, -0.05) is 0 Å². The summed E-state index contributed by atoms with van der Waals surface area (Å²) in [6.07, 6.45) is 0. The predicted octanol–water partition coefficient (Wildman–Crippen LogP) is 1.18. The van der Waals surface area contributed by atoms with Crippen LogP contribution in [0, 0.1) is 0 Å². The van der Waals surface area contributed by atoms with E-state index in [4.69, 9.17) is 28.4 Å². The Morgan fingerprint density at radius 2 is 1.33 bits per heavy atom. The molecule has 0 aromatic carbocycles. The highest BCUT2D eigenvalue weighted by atomic mass is 35.5. The van der Waals surface area contributed by atoms with Crippen LogP contribution >= 0.6 is 35.6 Å². The van der Waals surface area contributed by atoms with Crippen molar-refractivity contribution < 1.29 is 5.21 Å². The van der Waals surface area contributed by atoms with Crippen LogP contribution in [0.5, 0.6) is 0 Å². The first-order valence-electron chi connectivity index (χ1n) is 0.793. The molecule has 0 saturated heterocycles. The summed E-state index contributed by atoms with van der Waals surface area (Å²) in [5.74, 6) is 3.50. The molecule has 0 amide bonds. The molecule has 0 aliphatic rings. The van der Waals surface area contributed by atoms with Gasteiger partial charge in [0.1, 0.15) is 0 Å². The van der Waals surface area contributed by atoms with Crippen LogP contribution in [-0.4, -0.2) is 10.5 Å². The minimum atomic E-state index is 0. The molecule has 42 valence electrons. The zero-order valence-corrected chi connectivity index (χ0v) is 5.22. The van der Waals surface area contributed by atoms with Crippen molar-refractivity contribution in [1.82, 2.24) is 0 Å². The van der Waals surface area contributed by atoms with Gasteiger partial charge in [-0.15, -0.1) is 35.6 Å². The van der Waals surface area contributed by atoms with Crippen LogP contribution < -0.4 is 5.90 Å². The van der Waals surface area contributed by atoms with E-state index in [1.165, 1.54) is 0 Å². The third kappa shape index (κ3) is 110. The minimum Gasteiger partial charge on any atom is -0.320 e. The van der Waals surface area contributed by atoms with Crippen molar-refractivity contribution in [3.05, 3.63) is 0 Å². The molecule has 0 unspecified atom stereocenters. The van der Waals surface area contributed by atoms with Gasteiger partial charge in [0.15, 0.2) is 0 Å². The molecule has 0 aromatic rings. The van der Waals surface area contributed by atoms with Crippen molar-refractivity contribution in [2.75, 3.05) is 5.34 Å². The fraction of sp³-hybridized carbons (Fsp3) is 1.00. The second-order valence-corrected chi connectivity index (χ2v) is 0.909. The first-order valence-corrected chi connectivity index (χ1v) is 1.86. The first-order chi connectivity index (χ1) is 2.41. The summed E-state index contributed by atoms with van der Waals surface area (Å²) in [6, 6.07) is 0. The van der Waals surface area contributed by atoms with Crippen molar-refractivity contribution in [2.24, 2.45) is 5.90 Å². The van der Waals surface area contributed by atoms with E-state index in [1.807, 2.05) is 0 Å². The maximum absolute atomic E-state index is 6.50. The monoisotopic (exact) mass is 153 g/mol. The van der Waals surface area contributed by atoms with Gasteiger partial charge in [0.25, 0.3) is 0 Å². The van der Waals surface area contributed by atoms with Crippen molar-refractivity contribution in [1.29, 1.82) is 0 Å². The third-order valence-corrected chi connectivity index (χ3v) is 0. The zero-order chi connectivity index (χ0) is 4.71. The summed E-state index contributed by atoms with van der Waals surface area (Å²) in [5, 5.41) is 6.69. The van der Waals surface area contributed by atoms with E-state index >= 15 is 0 Å². The van der Waals surface area contributed by atoms with E-state index in [1.54, 1.807) is 0 Å². The molecule has 0 fully saturated rings. The Kier molecular flexibility index (Phi) is 110. The number of hydrogen-bond donors (Lipinski definition) is 2. The van der Waals surface area contributed by atoms with E-state index in [0.29, 0.717) is 0 Å².